The van der Waals surface area contributed by atoms with Crippen LogP contribution < -0.4 is 0 Å². The van der Waals surface area contributed by atoms with Crippen molar-refractivity contribution in [3.63, 3.8) is 0 Å². The lowest BCUT2D eigenvalue weighted by atomic mass is 9.96. The first-order valence-electron chi connectivity index (χ1n) is 30.9. The van der Waals surface area contributed by atoms with Gasteiger partial charge >= 0.3 is 0 Å². The van der Waals surface area contributed by atoms with E-state index in [9.17, 15) is 0 Å². The molecule has 5 aromatic heterocycles. The number of aromatic nitrogens is 4. The highest BCUT2D eigenvalue weighted by atomic mass is 32.1. The average Bonchev–Trinajstić information content (AvgIpc) is 1.82. The van der Waals surface area contributed by atoms with Crippen molar-refractivity contribution in [2.24, 2.45) is 0 Å². The second kappa shape index (κ2) is 19.6. The number of benzene rings is 13. The maximum Gasteiger partial charge on any atom is 0.0541 e. The summed E-state index contributed by atoms with van der Waals surface area (Å²) in [6.45, 7) is 0. The third kappa shape index (κ3) is 7.65. The van der Waals surface area contributed by atoms with Gasteiger partial charge < -0.3 is 18.3 Å². The number of thiophene rings is 1. The van der Waals surface area contributed by atoms with E-state index in [0.29, 0.717) is 0 Å². The number of allylic oxidation sites excluding steroid dienone is 1. The molecule has 0 saturated carbocycles. The molecule has 0 saturated heterocycles. The molecule has 5 heteroatoms. The molecule has 0 radical (unpaired) electrons. The van der Waals surface area contributed by atoms with E-state index in [0.717, 1.165) is 41.0 Å². The van der Waals surface area contributed by atoms with Crippen LogP contribution in [-0.4, -0.2) is 18.3 Å². The maximum atomic E-state index is 2.54. The summed E-state index contributed by atoms with van der Waals surface area (Å²) in [6, 6.07) is 109. The van der Waals surface area contributed by atoms with Gasteiger partial charge in [0.25, 0.3) is 0 Å². The molecule has 19 rings (SSSR count). The zero-order valence-corrected chi connectivity index (χ0v) is 49.3. The Morgan fingerprint density at radius 3 is 0.955 bits per heavy atom. The molecule has 0 N–H and O–H groups in total. The minimum absolute atomic E-state index is 0.987. The molecular weight excluding hydrogens is 1100 g/mol. The van der Waals surface area contributed by atoms with Gasteiger partial charge in [0.1, 0.15) is 0 Å². The average molecular weight is 1150 g/mol. The predicted octanol–water partition coefficient (Wildman–Crippen LogP) is 22.9. The van der Waals surface area contributed by atoms with Crippen LogP contribution in [0.15, 0.2) is 297 Å². The summed E-state index contributed by atoms with van der Waals surface area (Å²) in [4.78, 5) is 0. The summed E-state index contributed by atoms with van der Waals surface area (Å²) >= 11 is 1.91. The van der Waals surface area contributed by atoms with Crippen LogP contribution in [0.1, 0.15) is 17.7 Å². The minimum atomic E-state index is 0.987. The Morgan fingerprint density at radius 2 is 0.562 bits per heavy atom. The van der Waals surface area contributed by atoms with Crippen molar-refractivity contribution in [3.05, 3.63) is 309 Å². The van der Waals surface area contributed by atoms with Gasteiger partial charge in [-0.25, -0.2) is 0 Å². The first-order valence-corrected chi connectivity index (χ1v) is 31.7. The third-order valence-electron chi connectivity index (χ3n) is 19.0. The van der Waals surface area contributed by atoms with E-state index in [-0.39, 0.29) is 0 Å². The molecule has 5 heterocycles. The van der Waals surface area contributed by atoms with Gasteiger partial charge in [0.2, 0.25) is 0 Å². The van der Waals surface area contributed by atoms with Crippen LogP contribution in [0.3, 0.4) is 0 Å². The highest BCUT2D eigenvalue weighted by molar-refractivity contribution is 7.26. The summed E-state index contributed by atoms with van der Waals surface area (Å²) < 4.78 is 12.5. The Balaban J connectivity index is 0.760. The normalized spacial score (nSPS) is 12.6. The van der Waals surface area contributed by atoms with Crippen LogP contribution in [0.4, 0.5) is 0 Å². The van der Waals surface area contributed by atoms with E-state index in [2.05, 4.69) is 322 Å². The van der Waals surface area contributed by atoms with Crippen LogP contribution in [-0.2, 0) is 6.42 Å². The number of nitrogens with zero attached hydrogens (tertiary/aromatic N) is 4. The summed E-state index contributed by atoms with van der Waals surface area (Å²) in [7, 11) is 0. The van der Waals surface area contributed by atoms with E-state index in [4.69, 9.17) is 0 Å². The Labute approximate surface area is 517 Å². The largest absolute Gasteiger partial charge is 0.313 e. The van der Waals surface area contributed by atoms with Crippen LogP contribution in [0.5, 0.6) is 0 Å². The van der Waals surface area contributed by atoms with E-state index in [1.165, 1.54) is 147 Å². The van der Waals surface area contributed by atoms with E-state index in [1.54, 1.807) is 0 Å². The SMILES string of the molecule is C1=Cc2c(n(-c3cc(-c4cccc(-c5cccc6c5sc5c(-c7cccc(-c8cc(-n9c%10ccccc%10c%10ccccc%109)cc(-n9c%10ccccc%10c%10ccccc%109)c8)c7)cccc56)c4)cc(-n4c5ccccc5c5ccccc54)c3)c3ccccc23)CC1. The van der Waals surface area contributed by atoms with Crippen molar-refractivity contribution in [2.45, 2.75) is 12.8 Å². The minimum Gasteiger partial charge on any atom is -0.313 e. The summed E-state index contributed by atoms with van der Waals surface area (Å²) in [6.07, 6.45) is 6.68. The second-order valence-electron chi connectivity index (χ2n) is 23.9. The number of hydrogen-bond donors (Lipinski definition) is 0. The molecule has 0 amide bonds. The molecule has 13 aromatic carbocycles. The van der Waals surface area contributed by atoms with Gasteiger partial charge in [-0.3, -0.25) is 0 Å². The number of hydrogen-bond acceptors (Lipinski definition) is 1. The van der Waals surface area contributed by atoms with Crippen molar-refractivity contribution < 1.29 is 0 Å². The lowest BCUT2D eigenvalue weighted by Gasteiger charge is -2.18. The molecule has 1 aliphatic rings. The Bertz CT molecular complexity index is 5720. The first kappa shape index (κ1) is 50.0. The Hall–Kier alpha value is -11.2. The summed E-state index contributed by atoms with van der Waals surface area (Å²) in [5.74, 6) is 0. The molecule has 1 aliphatic carbocycles. The van der Waals surface area contributed by atoms with Crippen LogP contribution in [0.2, 0.25) is 0 Å². The fourth-order valence-corrected chi connectivity index (χ4v) is 16.5. The Kier molecular flexibility index (Phi) is 11.0. The van der Waals surface area contributed by atoms with Crippen molar-refractivity contribution in [3.8, 4) is 67.3 Å². The molecule has 4 nitrogen and oxygen atoms in total. The second-order valence-corrected chi connectivity index (χ2v) is 24.9. The van der Waals surface area contributed by atoms with Gasteiger partial charge in [-0.05, 0) is 148 Å². The van der Waals surface area contributed by atoms with Gasteiger partial charge in [-0.15, -0.1) is 11.3 Å². The highest BCUT2D eigenvalue weighted by Gasteiger charge is 2.23. The smallest absolute Gasteiger partial charge is 0.0541 e. The van der Waals surface area contributed by atoms with E-state index >= 15 is 0 Å². The standard InChI is InChI=1S/C84H54N4S/c1-9-37-75-65(25-1)66-26-2-10-38-76(66)85(75)59-47-57(48-60(51-59)86-77-39-11-3-27-67(77)68-28-4-12-40-78(68)86)53-21-17-23-55(45-53)63-33-19-35-73-74-36-20-34-64(84(74)89-83(63)73)56-24-18-22-54(46-56)58-49-61(87-79-41-13-5-29-69(79)70-30-6-14-42-80(70)87)52-62(50-58)88-81-43-15-7-31-71(81)72-32-8-16-44-82(72)88/h1-15,17-43,45-52H,16,44H2. The highest BCUT2D eigenvalue weighted by Crippen LogP contribution is 2.47. The summed E-state index contributed by atoms with van der Waals surface area (Å²) in [5.41, 5.74) is 25.1. The van der Waals surface area contributed by atoms with Crippen LogP contribution >= 0.6 is 11.3 Å². The van der Waals surface area contributed by atoms with Crippen molar-refractivity contribution in [1.29, 1.82) is 0 Å². The van der Waals surface area contributed by atoms with Gasteiger partial charge in [0, 0.05) is 91.9 Å². The fourth-order valence-electron chi connectivity index (χ4n) is 15.1. The molecule has 0 fully saturated rings. The molecule has 18 aromatic rings. The lowest BCUT2D eigenvalue weighted by molar-refractivity contribution is 0.888. The Morgan fingerprint density at radius 1 is 0.247 bits per heavy atom. The van der Waals surface area contributed by atoms with E-state index in [1.807, 2.05) is 11.3 Å². The molecule has 416 valence electrons. The summed E-state index contributed by atoms with van der Waals surface area (Å²) in [5, 5.41) is 11.3. The molecule has 89 heavy (non-hydrogen) atoms. The van der Waals surface area contributed by atoms with Crippen molar-refractivity contribution in [2.75, 3.05) is 0 Å². The number of rotatable bonds is 8. The van der Waals surface area contributed by atoms with Crippen LogP contribution in [0, 0.1) is 0 Å². The topological polar surface area (TPSA) is 19.7 Å². The van der Waals surface area contributed by atoms with Gasteiger partial charge in [-0.2, -0.15) is 0 Å². The molecular formula is C84H54N4S. The van der Waals surface area contributed by atoms with Gasteiger partial charge in [0.15, 0.2) is 0 Å². The molecule has 0 spiro atoms. The predicted molar refractivity (Wildman–Crippen MR) is 378 cm³/mol. The molecule has 0 atom stereocenters. The molecule has 0 aliphatic heterocycles. The number of para-hydroxylation sites is 7. The van der Waals surface area contributed by atoms with Gasteiger partial charge in [0.05, 0.1) is 38.6 Å². The third-order valence-corrected chi connectivity index (χ3v) is 20.3. The fraction of sp³-hybridized carbons (Fsp3) is 0.0238. The first-order chi connectivity index (χ1) is 44.1. The molecule has 0 bridgehead atoms. The quantitative estimate of drug-likeness (QED) is 0.144. The zero-order chi connectivity index (χ0) is 58.3. The monoisotopic (exact) mass is 1150 g/mol. The zero-order valence-electron chi connectivity index (χ0n) is 48.5. The lowest BCUT2D eigenvalue weighted by Crippen LogP contribution is -2.05. The number of fused-ring (bicyclic) bond motifs is 15. The molecule has 0 unspecified atom stereocenters. The van der Waals surface area contributed by atoms with Crippen molar-refractivity contribution >= 4 is 114 Å². The maximum absolute atomic E-state index is 2.54. The van der Waals surface area contributed by atoms with E-state index < -0.39 is 0 Å². The van der Waals surface area contributed by atoms with Crippen LogP contribution in [0.25, 0.3) is 170 Å². The van der Waals surface area contributed by atoms with Crippen molar-refractivity contribution in [1.82, 2.24) is 18.3 Å². The van der Waals surface area contributed by atoms with Gasteiger partial charge in [-0.1, -0.05) is 212 Å².